The largest absolute Gasteiger partial charge is 0.170 e. The fourth-order valence-electron chi connectivity index (χ4n) is 0. The van der Waals surface area contributed by atoms with Crippen LogP contribution in [0.25, 0.3) is 0 Å². The summed E-state index contributed by atoms with van der Waals surface area (Å²) >= 11 is 0. The summed E-state index contributed by atoms with van der Waals surface area (Å²) in [7, 11) is 1.25. The van der Waals surface area contributed by atoms with Crippen molar-refractivity contribution < 1.29 is 0 Å². The van der Waals surface area contributed by atoms with Crippen molar-refractivity contribution in [2.24, 2.45) is 0 Å². The van der Waals surface area contributed by atoms with Gasteiger partial charge in [-0.2, -0.15) is 0 Å². The third-order valence-corrected chi connectivity index (χ3v) is 0.236. The van der Waals surface area contributed by atoms with Gasteiger partial charge in [0.05, 0.1) is 0 Å². The first-order valence-electron chi connectivity index (χ1n) is 1.15. The van der Waals surface area contributed by atoms with Gasteiger partial charge in [-0.25, -0.2) is 0 Å². The SMILES string of the molecule is B1C=C1.[Al]. The van der Waals surface area contributed by atoms with Gasteiger partial charge in [0.25, 0.3) is 0 Å². The van der Waals surface area contributed by atoms with Gasteiger partial charge in [0.2, 0.25) is 0 Å². The maximum atomic E-state index is 2.12. The van der Waals surface area contributed by atoms with E-state index in [2.05, 4.69) is 12.0 Å². The fourth-order valence-corrected chi connectivity index (χ4v) is 0. The second-order valence-corrected chi connectivity index (χ2v) is 0.707. The molecule has 0 bridgehead atoms. The van der Waals surface area contributed by atoms with Crippen LogP contribution >= 0.6 is 0 Å². The molecule has 0 amide bonds. The molecule has 0 unspecified atom stereocenters. The van der Waals surface area contributed by atoms with Gasteiger partial charge in [0.1, 0.15) is 0 Å². The molecule has 0 aromatic heterocycles. The van der Waals surface area contributed by atoms with Crippen LogP contribution in [0.3, 0.4) is 0 Å². The fraction of sp³-hybridized carbons (Fsp3) is 0. The Morgan fingerprint density at radius 2 is 1.50 bits per heavy atom. The van der Waals surface area contributed by atoms with Gasteiger partial charge in [-0.05, 0) is 0 Å². The van der Waals surface area contributed by atoms with E-state index in [1.54, 1.807) is 0 Å². The molecule has 0 aliphatic carbocycles. The van der Waals surface area contributed by atoms with Gasteiger partial charge in [-0.15, -0.1) is 12.0 Å². The van der Waals surface area contributed by atoms with Crippen molar-refractivity contribution in [1.82, 2.24) is 0 Å². The summed E-state index contributed by atoms with van der Waals surface area (Å²) in [5.74, 6) is 4.25. The maximum Gasteiger partial charge on any atom is 0.170 e. The molecule has 0 nitrogen and oxygen atoms in total. The van der Waals surface area contributed by atoms with Crippen LogP contribution in [0.15, 0.2) is 12.0 Å². The minimum Gasteiger partial charge on any atom is -0.127 e. The summed E-state index contributed by atoms with van der Waals surface area (Å²) in [4.78, 5) is 0. The van der Waals surface area contributed by atoms with E-state index in [-0.39, 0.29) is 17.4 Å². The van der Waals surface area contributed by atoms with Crippen molar-refractivity contribution in [2.45, 2.75) is 0 Å². The zero-order valence-electron chi connectivity index (χ0n) is 2.44. The van der Waals surface area contributed by atoms with Crippen molar-refractivity contribution in [3.8, 4) is 0 Å². The molecular weight excluding hydrogens is 61.8 g/mol. The molecule has 4 heavy (non-hydrogen) atoms. The molecule has 0 atom stereocenters. The molecular formula is C2H3AlB. The minimum atomic E-state index is 0. The van der Waals surface area contributed by atoms with E-state index in [1.807, 2.05) is 0 Å². The molecule has 0 aromatic rings. The number of hydrogen-bond acceptors (Lipinski definition) is 0. The third-order valence-electron chi connectivity index (χ3n) is 0.236. The van der Waals surface area contributed by atoms with Crippen molar-refractivity contribution in [3.63, 3.8) is 0 Å². The lowest BCUT2D eigenvalue weighted by atomic mass is 10.1. The normalized spacial score (nSPS) is 12.0. The smallest absolute Gasteiger partial charge is 0.127 e. The zero-order chi connectivity index (χ0) is 2.12. The van der Waals surface area contributed by atoms with Gasteiger partial charge in [0, 0.05) is 17.4 Å². The van der Waals surface area contributed by atoms with E-state index in [9.17, 15) is 0 Å². The molecule has 0 saturated carbocycles. The van der Waals surface area contributed by atoms with E-state index in [0.29, 0.717) is 0 Å². The van der Waals surface area contributed by atoms with E-state index >= 15 is 0 Å². The Morgan fingerprint density at radius 1 is 1.25 bits per heavy atom. The standard InChI is InChI=1S/C2H3B.Al/c1-2-3-1;/h1-3H;. The third kappa shape index (κ3) is 2.34. The average molecular weight is 64.8 g/mol. The van der Waals surface area contributed by atoms with Crippen LogP contribution in [-0.4, -0.2) is 24.6 Å². The van der Waals surface area contributed by atoms with E-state index in [1.165, 1.54) is 7.28 Å². The molecule has 0 saturated heterocycles. The summed E-state index contributed by atoms with van der Waals surface area (Å²) in [6.07, 6.45) is 0. The van der Waals surface area contributed by atoms with E-state index in [0.717, 1.165) is 0 Å². The quantitative estimate of drug-likeness (QED) is 0.334. The highest BCUT2D eigenvalue weighted by atomic mass is 27.0. The van der Waals surface area contributed by atoms with Gasteiger partial charge in [-0.1, -0.05) is 0 Å². The molecule has 1 aliphatic rings. The summed E-state index contributed by atoms with van der Waals surface area (Å²) in [6.45, 7) is 0. The van der Waals surface area contributed by atoms with Gasteiger partial charge in [0.15, 0.2) is 7.28 Å². The molecule has 1 heterocycles. The van der Waals surface area contributed by atoms with E-state index in [4.69, 9.17) is 0 Å². The summed E-state index contributed by atoms with van der Waals surface area (Å²) in [5.41, 5.74) is 0. The van der Waals surface area contributed by atoms with Crippen LogP contribution < -0.4 is 0 Å². The Balaban J connectivity index is 0.0000000900. The summed E-state index contributed by atoms with van der Waals surface area (Å²) in [6, 6.07) is 0. The topological polar surface area (TPSA) is 0 Å². The molecule has 0 aromatic carbocycles. The molecule has 17 valence electrons. The number of hydrogen-bond donors (Lipinski definition) is 0. The van der Waals surface area contributed by atoms with Gasteiger partial charge in [-0.3, -0.25) is 0 Å². The van der Waals surface area contributed by atoms with Crippen molar-refractivity contribution in [3.05, 3.63) is 12.0 Å². The van der Waals surface area contributed by atoms with E-state index < -0.39 is 0 Å². The molecule has 1 rings (SSSR count). The molecule has 1 aliphatic heterocycles. The Labute approximate surface area is 37.3 Å². The number of rotatable bonds is 0. The first-order valence-corrected chi connectivity index (χ1v) is 1.15. The molecule has 0 spiro atoms. The van der Waals surface area contributed by atoms with Crippen LogP contribution in [-0.2, 0) is 0 Å². The lowest BCUT2D eigenvalue weighted by Crippen LogP contribution is -1.30. The van der Waals surface area contributed by atoms with Gasteiger partial charge >= 0.3 is 0 Å². The van der Waals surface area contributed by atoms with Crippen LogP contribution in [0.5, 0.6) is 0 Å². The van der Waals surface area contributed by atoms with Crippen LogP contribution in [0.2, 0.25) is 0 Å². The first-order chi connectivity index (χ1) is 1.50. The van der Waals surface area contributed by atoms with Crippen molar-refractivity contribution in [1.29, 1.82) is 0 Å². The van der Waals surface area contributed by atoms with Gasteiger partial charge < -0.3 is 0 Å². The maximum absolute atomic E-state index is 2.12. The zero-order valence-corrected chi connectivity index (χ0v) is 3.59. The molecule has 2 heteroatoms. The Hall–Kier alpha value is 0.337. The Morgan fingerprint density at radius 3 is 1.50 bits per heavy atom. The Kier molecular flexibility index (Phi) is 1.78. The average Bonchev–Trinajstić information content (AvgIpc) is 1.46. The lowest BCUT2D eigenvalue weighted by Gasteiger charge is -1.05. The highest BCUT2D eigenvalue weighted by Crippen LogP contribution is 1.79. The van der Waals surface area contributed by atoms with Crippen molar-refractivity contribution in [2.75, 3.05) is 0 Å². The summed E-state index contributed by atoms with van der Waals surface area (Å²) < 4.78 is 0. The molecule has 0 N–H and O–H groups in total. The predicted molar refractivity (Wildman–Crippen MR) is 22.0 cm³/mol. The first kappa shape index (κ1) is 4.34. The molecule has 0 fully saturated rings. The second kappa shape index (κ2) is 1.64. The minimum absolute atomic E-state index is 0. The van der Waals surface area contributed by atoms with Crippen LogP contribution in [0.1, 0.15) is 0 Å². The van der Waals surface area contributed by atoms with Crippen LogP contribution in [0, 0.1) is 0 Å². The highest BCUT2D eigenvalue weighted by Gasteiger charge is 1.80. The second-order valence-electron chi connectivity index (χ2n) is 0.707. The lowest BCUT2D eigenvalue weighted by molar-refractivity contribution is 2.81. The highest BCUT2D eigenvalue weighted by molar-refractivity contribution is 6.60. The Bertz CT molecular complexity index is 29.0. The monoisotopic (exact) mass is 65.0 g/mol. The van der Waals surface area contributed by atoms with Crippen LogP contribution in [0.4, 0.5) is 0 Å². The van der Waals surface area contributed by atoms with Crippen molar-refractivity contribution >= 4 is 24.6 Å². The predicted octanol–water partition coefficient (Wildman–Crippen LogP) is -0.473. The summed E-state index contributed by atoms with van der Waals surface area (Å²) in [5, 5.41) is 0. The molecule has 3 radical (unpaired) electrons.